The van der Waals surface area contributed by atoms with Gasteiger partial charge in [-0.05, 0) is 58.6 Å². The van der Waals surface area contributed by atoms with Crippen molar-refractivity contribution in [3.8, 4) is 5.75 Å². The molecule has 5 heteroatoms. The molecule has 1 amide bonds. The van der Waals surface area contributed by atoms with E-state index in [1.54, 1.807) is 17.0 Å². The van der Waals surface area contributed by atoms with Crippen LogP contribution in [0.3, 0.4) is 0 Å². The molecule has 0 saturated heterocycles. The average Bonchev–Trinajstić information content (AvgIpc) is 2.46. The first-order valence-corrected chi connectivity index (χ1v) is 7.45. The van der Waals surface area contributed by atoms with E-state index in [2.05, 4.69) is 15.9 Å². The van der Waals surface area contributed by atoms with Crippen LogP contribution in [0.15, 0.2) is 40.9 Å². The Bertz CT molecular complexity index is 717. The number of carbonyl (C=O) groups excluding carboxylic acids is 1. The molecule has 0 atom stereocenters. The monoisotopic (exact) mass is 349 g/mol. The molecule has 0 aliphatic carbocycles. The Morgan fingerprint density at radius 3 is 2.86 bits per heavy atom. The van der Waals surface area contributed by atoms with Crippen molar-refractivity contribution >= 4 is 27.5 Å². The molecule has 3 nitrogen and oxygen atoms in total. The predicted molar refractivity (Wildman–Crippen MR) is 82.2 cm³/mol. The van der Waals surface area contributed by atoms with Gasteiger partial charge in [0.1, 0.15) is 11.6 Å². The van der Waals surface area contributed by atoms with Crippen molar-refractivity contribution in [1.29, 1.82) is 0 Å². The van der Waals surface area contributed by atoms with Gasteiger partial charge in [-0.2, -0.15) is 0 Å². The molecule has 0 spiro atoms. The molecule has 21 heavy (non-hydrogen) atoms. The van der Waals surface area contributed by atoms with Crippen LogP contribution in [0, 0.1) is 5.82 Å². The summed E-state index contributed by atoms with van der Waals surface area (Å²) in [5.74, 6) is -0.552. The van der Waals surface area contributed by atoms with Crippen LogP contribution in [0.1, 0.15) is 22.3 Å². The van der Waals surface area contributed by atoms with Gasteiger partial charge in [-0.25, -0.2) is 4.39 Å². The van der Waals surface area contributed by atoms with Crippen molar-refractivity contribution in [3.05, 3.63) is 57.8 Å². The summed E-state index contributed by atoms with van der Waals surface area (Å²) < 4.78 is 13.6. The first-order valence-electron chi connectivity index (χ1n) is 6.65. The van der Waals surface area contributed by atoms with E-state index < -0.39 is 5.82 Å². The number of fused-ring (bicyclic) bond motifs is 1. The van der Waals surface area contributed by atoms with Gasteiger partial charge >= 0.3 is 0 Å². The third-order valence-electron chi connectivity index (χ3n) is 3.60. The number of amides is 1. The van der Waals surface area contributed by atoms with Crippen molar-refractivity contribution in [2.24, 2.45) is 0 Å². The van der Waals surface area contributed by atoms with Gasteiger partial charge in [0.25, 0.3) is 5.91 Å². The summed E-state index contributed by atoms with van der Waals surface area (Å²) in [5, 5.41) is 10.1. The van der Waals surface area contributed by atoms with E-state index in [1.807, 2.05) is 6.07 Å². The Balaban J connectivity index is 2.04. The van der Waals surface area contributed by atoms with Crippen molar-refractivity contribution in [1.82, 2.24) is 0 Å². The number of anilines is 1. The van der Waals surface area contributed by atoms with Gasteiger partial charge in [0.15, 0.2) is 0 Å². The molecular weight excluding hydrogens is 337 g/mol. The number of aryl methyl sites for hydroxylation is 1. The third-order valence-corrected chi connectivity index (χ3v) is 4.26. The van der Waals surface area contributed by atoms with E-state index in [0.717, 1.165) is 18.4 Å². The Labute approximate surface area is 130 Å². The second kappa shape index (κ2) is 5.48. The minimum absolute atomic E-state index is 0.0961. The molecule has 0 unspecified atom stereocenters. The molecule has 3 rings (SSSR count). The number of rotatable bonds is 1. The molecule has 2 aromatic carbocycles. The number of hydrogen-bond donors (Lipinski definition) is 1. The lowest BCUT2D eigenvalue weighted by atomic mass is 10.00. The fraction of sp³-hybridized carbons (Fsp3) is 0.188. The predicted octanol–water partition coefficient (Wildman–Crippen LogP) is 3.89. The first kappa shape index (κ1) is 14.1. The third kappa shape index (κ3) is 2.53. The fourth-order valence-electron chi connectivity index (χ4n) is 2.64. The zero-order valence-electron chi connectivity index (χ0n) is 11.1. The van der Waals surface area contributed by atoms with Crippen molar-refractivity contribution in [2.45, 2.75) is 12.8 Å². The van der Waals surface area contributed by atoms with Crippen LogP contribution in [0.4, 0.5) is 10.1 Å². The summed E-state index contributed by atoms with van der Waals surface area (Å²) in [6.45, 7) is 0.535. The molecule has 2 aromatic rings. The minimum Gasteiger partial charge on any atom is -0.506 e. The quantitative estimate of drug-likeness (QED) is 0.848. The maximum Gasteiger partial charge on any atom is 0.259 e. The average molecular weight is 350 g/mol. The second-order valence-corrected chi connectivity index (χ2v) is 5.82. The molecule has 1 heterocycles. The molecule has 1 aliphatic rings. The zero-order valence-corrected chi connectivity index (χ0v) is 12.7. The van der Waals surface area contributed by atoms with E-state index in [4.69, 9.17) is 0 Å². The van der Waals surface area contributed by atoms with E-state index in [-0.39, 0.29) is 11.7 Å². The van der Waals surface area contributed by atoms with Crippen LogP contribution in [-0.4, -0.2) is 17.6 Å². The fourth-order valence-corrected chi connectivity index (χ4v) is 3.16. The Hall–Kier alpha value is -1.88. The van der Waals surface area contributed by atoms with Crippen molar-refractivity contribution in [3.63, 3.8) is 0 Å². The highest BCUT2D eigenvalue weighted by Crippen LogP contribution is 2.36. The summed E-state index contributed by atoms with van der Waals surface area (Å²) in [7, 11) is 0. The molecule has 1 aliphatic heterocycles. The standard InChI is InChI=1S/C16H13BrFNO2/c17-13-9-11(18)6-7-12(13)16(21)19-8-2-4-10-3-1-5-14(20)15(10)19/h1,3,5-7,9,20H,2,4,8H2. The van der Waals surface area contributed by atoms with Crippen molar-refractivity contribution in [2.75, 3.05) is 11.4 Å². The number of phenolic OH excluding ortho intramolecular Hbond substituents is 1. The highest BCUT2D eigenvalue weighted by molar-refractivity contribution is 9.10. The molecule has 0 radical (unpaired) electrons. The number of hydrogen-bond acceptors (Lipinski definition) is 2. The van der Waals surface area contributed by atoms with Crippen LogP contribution >= 0.6 is 15.9 Å². The van der Waals surface area contributed by atoms with Crippen LogP contribution in [-0.2, 0) is 6.42 Å². The number of nitrogens with zero attached hydrogens (tertiary/aromatic N) is 1. The molecule has 108 valence electrons. The number of aromatic hydroxyl groups is 1. The number of carbonyl (C=O) groups is 1. The Morgan fingerprint density at radius 1 is 1.29 bits per heavy atom. The van der Waals surface area contributed by atoms with E-state index in [9.17, 15) is 14.3 Å². The van der Waals surface area contributed by atoms with E-state index >= 15 is 0 Å². The molecular formula is C16H13BrFNO2. The lowest BCUT2D eigenvalue weighted by molar-refractivity contribution is 0.0983. The minimum atomic E-state index is -0.402. The van der Waals surface area contributed by atoms with Crippen LogP contribution < -0.4 is 4.90 Å². The van der Waals surface area contributed by atoms with Crippen LogP contribution in [0.2, 0.25) is 0 Å². The Kier molecular flexibility index (Phi) is 3.68. The van der Waals surface area contributed by atoms with Gasteiger partial charge in [0.2, 0.25) is 0 Å². The molecule has 0 fully saturated rings. The zero-order chi connectivity index (χ0) is 15.0. The van der Waals surface area contributed by atoms with Gasteiger partial charge in [-0.1, -0.05) is 12.1 Å². The highest BCUT2D eigenvalue weighted by atomic mass is 79.9. The summed E-state index contributed by atoms with van der Waals surface area (Å²) in [5.41, 5.74) is 1.89. The first-order chi connectivity index (χ1) is 10.1. The van der Waals surface area contributed by atoms with E-state index in [0.29, 0.717) is 22.3 Å². The number of halogens is 2. The maximum atomic E-state index is 13.2. The van der Waals surface area contributed by atoms with Crippen LogP contribution in [0.25, 0.3) is 0 Å². The largest absolute Gasteiger partial charge is 0.506 e. The van der Waals surface area contributed by atoms with Gasteiger partial charge in [-0.15, -0.1) is 0 Å². The molecule has 1 N–H and O–H groups in total. The lowest BCUT2D eigenvalue weighted by Gasteiger charge is -2.30. The normalized spacial score (nSPS) is 13.9. The van der Waals surface area contributed by atoms with E-state index in [1.165, 1.54) is 18.2 Å². The lowest BCUT2D eigenvalue weighted by Crippen LogP contribution is -2.35. The van der Waals surface area contributed by atoms with Gasteiger partial charge in [-0.3, -0.25) is 4.79 Å². The van der Waals surface area contributed by atoms with Gasteiger partial charge in [0, 0.05) is 11.0 Å². The topological polar surface area (TPSA) is 40.5 Å². The highest BCUT2D eigenvalue weighted by Gasteiger charge is 2.27. The maximum absolute atomic E-state index is 13.2. The SMILES string of the molecule is O=C(c1ccc(F)cc1Br)N1CCCc2cccc(O)c21. The summed E-state index contributed by atoms with van der Waals surface area (Å²) in [6.07, 6.45) is 1.67. The van der Waals surface area contributed by atoms with Crippen LogP contribution in [0.5, 0.6) is 5.75 Å². The summed E-state index contributed by atoms with van der Waals surface area (Å²) >= 11 is 3.22. The second-order valence-electron chi connectivity index (χ2n) is 4.97. The smallest absolute Gasteiger partial charge is 0.259 e. The molecule has 0 saturated carbocycles. The number of benzene rings is 2. The molecule has 0 aromatic heterocycles. The molecule has 0 bridgehead atoms. The van der Waals surface area contributed by atoms with Crippen molar-refractivity contribution < 1.29 is 14.3 Å². The summed E-state index contributed by atoms with van der Waals surface area (Å²) in [4.78, 5) is 14.3. The number of phenols is 1. The van der Waals surface area contributed by atoms with Gasteiger partial charge < -0.3 is 10.0 Å². The van der Waals surface area contributed by atoms with Gasteiger partial charge in [0.05, 0.1) is 11.3 Å². The summed E-state index contributed by atoms with van der Waals surface area (Å²) in [6, 6.07) is 9.24. The Morgan fingerprint density at radius 2 is 2.10 bits per heavy atom. The number of para-hydroxylation sites is 1.